The van der Waals surface area contributed by atoms with Crippen LogP contribution in [0, 0.1) is 5.92 Å². The van der Waals surface area contributed by atoms with Crippen LogP contribution in [0.5, 0.6) is 11.5 Å². The van der Waals surface area contributed by atoms with Gasteiger partial charge in [-0.15, -0.1) is 0 Å². The van der Waals surface area contributed by atoms with E-state index < -0.39 is 6.10 Å². The number of rotatable bonds is 6. The maximum atomic E-state index is 12.1. The lowest BCUT2D eigenvalue weighted by molar-refractivity contribution is -0.125. The average molecular weight is 308 g/mol. The van der Waals surface area contributed by atoms with Crippen LogP contribution in [0.25, 0.3) is 0 Å². The molecule has 2 unspecified atom stereocenters. The molecule has 0 spiro atoms. The number of piperidine rings is 1. The summed E-state index contributed by atoms with van der Waals surface area (Å²) in [4.78, 5) is 12.1. The van der Waals surface area contributed by atoms with Crippen LogP contribution in [-0.2, 0) is 4.79 Å². The SMILES string of the molecule is COc1cc(OC)cc(C(O)CNC(=O)C2CCCNC2)c1. The second kappa shape index (κ2) is 8.00. The Morgan fingerprint density at radius 2 is 2.05 bits per heavy atom. The van der Waals surface area contributed by atoms with Gasteiger partial charge in [0.25, 0.3) is 0 Å². The van der Waals surface area contributed by atoms with Crippen LogP contribution in [0.15, 0.2) is 18.2 Å². The van der Waals surface area contributed by atoms with Crippen LogP contribution < -0.4 is 20.1 Å². The number of hydrogen-bond acceptors (Lipinski definition) is 5. The normalized spacial score (nSPS) is 19.3. The summed E-state index contributed by atoms with van der Waals surface area (Å²) in [5.41, 5.74) is 0.651. The first-order valence-corrected chi connectivity index (χ1v) is 7.53. The summed E-state index contributed by atoms with van der Waals surface area (Å²) < 4.78 is 10.4. The zero-order chi connectivity index (χ0) is 15.9. The lowest BCUT2D eigenvalue weighted by atomic mass is 9.98. The van der Waals surface area contributed by atoms with Crippen molar-refractivity contribution in [2.75, 3.05) is 33.9 Å². The number of ether oxygens (including phenoxy) is 2. The standard InChI is InChI=1S/C16H24N2O4/c1-21-13-6-12(7-14(8-13)22-2)15(19)10-18-16(20)11-4-3-5-17-9-11/h6-8,11,15,17,19H,3-5,9-10H2,1-2H3,(H,18,20). The molecule has 22 heavy (non-hydrogen) atoms. The molecule has 6 nitrogen and oxygen atoms in total. The highest BCUT2D eigenvalue weighted by molar-refractivity contribution is 5.79. The topological polar surface area (TPSA) is 79.8 Å². The van der Waals surface area contributed by atoms with E-state index in [9.17, 15) is 9.90 Å². The zero-order valence-corrected chi connectivity index (χ0v) is 13.1. The van der Waals surface area contributed by atoms with E-state index in [-0.39, 0.29) is 18.4 Å². The summed E-state index contributed by atoms with van der Waals surface area (Å²) in [5.74, 6) is 1.19. The van der Waals surface area contributed by atoms with E-state index in [1.807, 2.05) is 0 Å². The van der Waals surface area contributed by atoms with E-state index in [1.54, 1.807) is 32.4 Å². The summed E-state index contributed by atoms with van der Waals surface area (Å²) in [7, 11) is 3.12. The van der Waals surface area contributed by atoms with Crippen molar-refractivity contribution in [3.63, 3.8) is 0 Å². The van der Waals surface area contributed by atoms with Gasteiger partial charge in [-0.2, -0.15) is 0 Å². The van der Waals surface area contributed by atoms with Crippen LogP contribution in [0.3, 0.4) is 0 Å². The molecule has 1 fully saturated rings. The molecule has 122 valence electrons. The first-order valence-electron chi connectivity index (χ1n) is 7.53. The molecular formula is C16H24N2O4. The van der Waals surface area contributed by atoms with Crippen molar-refractivity contribution in [2.24, 2.45) is 5.92 Å². The van der Waals surface area contributed by atoms with E-state index in [2.05, 4.69) is 10.6 Å². The fourth-order valence-electron chi connectivity index (χ4n) is 2.56. The van der Waals surface area contributed by atoms with Gasteiger partial charge in [-0.05, 0) is 37.1 Å². The molecule has 0 aliphatic carbocycles. The molecule has 1 aromatic rings. The number of carbonyl (C=O) groups is 1. The van der Waals surface area contributed by atoms with Gasteiger partial charge in [0.1, 0.15) is 11.5 Å². The number of nitrogens with one attached hydrogen (secondary N) is 2. The number of aliphatic hydroxyl groups excluding tert-OH is 1. The molecule has 1 amide bonds. The molecule has 1 saturated heterocycles. The zero-order valence-electron chi connectivity index (χ0n) is 13.1. The largest absolute Gasteiger partial charge is 0.497 e. The maximum Gasteiger partial charge on any atom is 0.224 e. The first kappa shape index (κ1) is 16.6. The van der Waals surface area contributed by atoms with Crippen LogP contribution in [-0.4, -0.2) is 44.9 Å². The quantitative estimate of drug-likeness (QED) is 0.726. The van der Waals surface area contributed by atoms with Crippen molar-refractivity contribution in [3.05, 3.63) is 23.8 Å². The molecule has 2 atom stereocenters. The van der Waals surface area contributed by atoms with Crippen LogP contribution in [0.1, 0.15) is 24.5 Å². The fraction of sp³-hybridized carbons (Fsp3) is 0.562. The van der Waals surface area contributed by atoms with E-state index >= 15 is 0 Å². The smallest absolute Gasteiger partial charge is 0.224 e. The van der Waals surface area contributed by atoms with E-state index in [4.69, 9.17) is 9.47 Å². The van der Waals surface area contributed by atoms with Gasteiger partial charge in [0.05, 0.1) is 26.2 Å². The van der Waals surface area contributed by atoms with Crippen LogP contribution in [0.2, 0.25) is 0 Å². The fourth-order valence-corrected chi connectivity index (χ4v) is 2.56. The average Bonchev–Trinajstić information content (AvgIpc) is 2.59. The molecule has 0 saturated carbocycles. The number of hydrogen-bond donors (Lipinski definition) is 3. The Labute approximate surface area is 130 Å². The Hall–Kier alpha value is -1.79. The summed E-state index contributed by atoms with van der Waals surface area (Å²) in [6.07, 6.45) is 1.10. The van der Waals surface area contributed by atoms with E-state index in [1.165, 1.54) is 0 Å². The van der Waals surface area contributed by atoms with Crippen molar-refractivity contribution in [3.8, 4) is 11.5 Å². The number of amides is 1. The number of methoxy groups -OCH3 is 2. The third-order valence-electron chi connectivity index (χ3n) is 3.90. The van der Waals surface area contributed by atoms with Gasteiger partial charge < -0.3 is 25.2 Å². The number of benzene rings is 1. The van der Waals surface area contributed by atoms with Crippen molar-refractivity contribution >= 4 is 5.91 Å². The minimum Gasteiger partial charge on any atom is -0.497 e. The third-order valence-corrected chi connectivity index (χ3v) is 3.90. The Morgan fingerprint density at radius 3 is 2.59 bits per heavy atom. The summed E-state index contributed by atoms with van der Waals surface area (Å²) >= 11 is 0. The first-order chi connectivity index (χ1) is 10.6. The minimum atomic E-state index is -0.801. The predicted molar refractivity (Wildman–Crippen MR) is 83.1 cm³/mol. The molecule has 1 aliphatic rings. The van der Waals surface area contributed by atoms with Gasteiger partial charge in [0.15, 0.2) is 0 Å². The number of carbonyl (C=O) groups excluding carboxylic acids is 1. The molecular weight excluding hydrogens is 284 g/mol. The highest BCUT2D eigenvalue weighted by Crippen LogP contribution is 2.26. The highest BCUT2D eigenvalue weighted by atomic mass is 16.5. The monoisotopic (exact) mass is 308 g/mol. The minimum absolute atomic E-state index is 0.0129. The Morgan fingerprint density at radius 1 is 1.36 bits per heavy atom. The van der Waals surface area contributed by atoms with Crippen LogP contribution >= 0.6 is 0 Å². The van der Waals surface area contributed by atoms with Gasteiger partial charge in [0, 0.05) is 19.2 Å². The molecule has 0 aromatic heterocycles. The highest BCUT2D eigenvalue weighted by Gasteiger charge is 2.21. The summed E-state index contributed by atoms with van der Waals surface area (Å²) in [6, 6.07) is 5.21. The van der Waals surface area contributed by atoms with E-state index in [0.717, 1.165) is 19.4 Å². The molecule has 3 N–H and O–H groups in total. The van der Waals surface area contributed by atoms with Gasteiger partial charge in [0.2, 0.25) is 5.91 Å². The van der Waals surface area contributed by atoms with Crippen molar-refractivity contribution in [2.45, 2.75) is 18.9 Å². The third kappa shape index (κ3) is 4.35. The second-order valence-corrected chi connectivity index (χ2v) is 5.45. The van der Waals surface area contributed by atoms with Gasteiger partial charge in [-0.25, -0.2) is 0 Å². The Balaban J connectivity index is 1.93. The van der Waals surface area contributed by atoms with Crippen molar-refractivity contribution in [1.29, 1.82) is 0 Å². The predicted octanol–water partition coefficient (Wildman–Crippen LogP) is 0.853. The molecule has 6 heteroatoms. The van der Waals surface area contributed by atoms with Gasteiger partial charge in [-0.3, -0.25) is 4.79 Å². The van der Waals surface area contributed by atoms with Crippen molar-refractivity contribution in [1.82, 2.24) is 10.6 Å². The number of aliphatic hydroxyl groups is 1. The Kier molecular flexibility index (Phi) is 6.03. The lowest BCUT2D eigenvalue weighted by Crippen LogP contribution is -2.41. The summed E-state index contributed by atoms with van der Waals surface area (Å²) in [6.45, 7) is 1.84. The van der Waals surface area contributed by atoms with Gasteiger partial charge in [-0.1, -0.05) is 0 Å². The molecule has 1 aliphatic heterocycles. The molecule has 0 bridgehead atoms. The summed E-state index contributed by atoms with van der Waals surface area (Å²) in [5, 5.41) is 16.3. The molecule has 0 radical (unpaired) electrons. The Bertz CT molecular complexity index is 479. The maximum absolute atomic E-state index is 12.1. The van der Waals surface area contributed by atoms with Crippen LogP contribution in [0.4, 0.5) is 0 Å². The van der Waals surface area contributed by atoms with Crippen molar-refractivity contribution < 1.29 is 19.4 Å². The van der Waals surface area contributed by atoms with Gasteiger partial charge >= 0.3 is 0 Å². The molecule has 1 aromatic carbocycles. The van der Waals surface area contributed by atoms with E-state index in [0.29, 0.717) is 23.6 Å². The molecule has 1 heterocycles. The lowest BCUT2D eigenvalue weighted by Gasteiger charge is -2.22. The molecule has 2 rings (SSSR count). The second-order valence-electron chi connectivity index (χ2n) is 5.45.